The zero-order valence-electron chi connectivity index (χ0n) is 16.3. The topological polar surface area (TPSA) is 66.5 Å². The summed E-state index contributed by atoms with van der Waals surface area (Å²) in [6.45, 7) is 8.02. The van der Waals surface area contributed by atoms with Crippen LogP contribution in [-0.4, -0.2) is 32.3 Å². The lowest BCUT2D eigenvalue weighted by Crippen LogP contribution is -2.39. The quantitative estimate of drug-likeness (QED) is 0.750. The molecule has 0 saturated heterocycles. The molecule has 0 aliphatic rings. The molecule has 0 radical (unpaired) electrons. The van der Waals surface area contributed by atoms with Crippen LogP contribution in [0.4, 0.5) is 0 Å². The van der Waals surface area contributed by atoms with Crippen molar-refractivity contribution < 1.29 is 13.2 Å². The van der Waals surface area contributed by atoms with Crippen LogP contribution in [0, 0.1) is 0 Å². The van der Waals surface area contributed by atoms with Crippen LogP contribution >= 0.6 is 0 Å². The zero-order valence-corrected chi connectivity index (χ0v) is 17.2. The van der Waals surface area contributed by atoms with Crippen molar-refractivity contribution in [2.45, 2.75) is 44.6 Å². The number of sulfonamides is 1. The Morgan fingerprint density at radius 3 is 2.07 bits per heavy atom. The fourth-order valence-electron chi connectivity index (χ4n) is 2.95. The molecule has 0 fully saturated rings. The number of benzene rings is 2. The van der Waals surface area contributed by atoms with Gasteiger partial charge in [0, 0.05) is 20.0 Å². The lowest BCUT2D eigenvalue weighted by atomic mass is 10.0. The summed E-state index contributed by atoms with van der Waals surface area (Å²) in [5, 5.41) is 0. The molecule has 2 rings (SSSR count). The molecule has 0 bridgehead atoms. The second-order valence-electron chi connectivity index (χ2n) is 6.92. The molecule has 27 heavy (non-hydrogen) atoms. The molecule has 0 saturated carbocycles. The van der Waals surface area contributed by atoms with Crippen LogP contribution < -0.4 is 4.72 Å². The SMILES string of the molecule is CC(=O)N(CCNS(=O)(=O)c1ccc(C(C)C)cc1)C(C)c1ccccc1. The van der Waals surface area contributed by atoms with Gasteiger partial charge in [-0.05, 0) is 36.1 Å². The second kappa shape index (κ2) is 9.15. The van der Waals surface area contributed by atoms with Crippen molar-refractivity contribution >= 4 is 15.9 Å². The Bertz CT molecular complexity index is 847. The highest BCUT2D eigenvalue weighted by atomic mass is 32.2. The van der Waals surface area contributed by atoms with E-state index in [0.717, 1.165) is 11.1 Å². The van der Waals surface area contributed by atoms with Gasteiger partial charge in [-0.25, -0.2) is 13.1 Å². The van der Waals surface area contributed by atoms with Gasteiger partial charge >= 0.3 is 0 Å². The Morgan fingerprint density at radius 2 is 1.56 bits per heavy atom. The summed E-state index contributed by atoms with van der Waals surface area (Å²) in [5.74, 6) is 0.255. The third kappa shape index (κ3) is 5.65. The van der Waals surface area contributed by atoms with Crippen LogP contribution in [0.3, 0.4) is 0 Å². The Balaban J connectivity index is 2.02. The molecule has 2 aromatic rings. The Kier molecular flexibility index (Phi) is 7.16. The normalized spacial score (nSPS) is 12.8. The summed E-state index contributed by atoms with van der Waals surface area (Å²) in [5.41, 5.74) is 2.10. The van der Waals surface area contributed by atoms with Gasteiger partial charge in [-0.3, -0.25) is 4.79 Å². The van der Waals surface area contributed by atoms with Gasteiger partial charge in [0.2, 0.25) is 15.9 Å². The van der Waals surface area contributed by atoms with Gasteiger partial charge in [-0.2, -0.15) is 0 Å². The van der Waals surface area contributed by atoms with E-state index in [4.69, 9.17) is 0 Å². The highest BCUT2D eigenvalue weighted by molar-refractivity contribution is 7.89. The summed E-state index contributed by atoms with van der Waals surface area (Å²) in [6.07, 6.45) is 0. The number of rotatable bonds is 8. The number of nitrogens with zero attached hydrogens (tertiary/aromatic N) is 1. The van der Waals surface area contributed by atoms with E-state index in [1.54, 1.807) is 17.0 Å². The first-order valence-corrected chi connectivity index (χ1v) is 10.6. The van der Waals surface area contributed by atoms with Crippen LogP contribution in [-0.2, 0) is 14.8 Å². The number of nitrogens with one attached hydrogen (secondary N) is 1. The van der Waals surface area contributed by atoms with E-state index in [0.29, 0.717) is 12.5 Å². The van der Waals surface area contributed by atoms with Crippen molar-refractivity contribution in [3.8, 4) is 0 Å². The van der Waals surface area contributed by atoms with Crippen molar-refractivity contribution in [2.24, 2.45) is 0 Å². The van der Waals surface area contributed by atoms with Crippen LogP contribution in [0.5, 0.6) is 0 Å². The van der Waals surface area contributed by atoms with E-state index in [1.807, 2.05) is 49.4 Å². The molecule has 1 N–H and O–H groups in total. The van der Waals surface area contributed by atoms with E-state index in [1.165, 1.54) is 6.92 Å². The molecule has 0 heterocycles. The standard InChI is InChI=1S/C21H28N2O3S/c1-16(2)19-10-12-21(13-11-19)27(25,26)22-14-15-23(18(4)24)17(3)20-8-6-5-7-9-20/h5-13,16-17,22H,14-15H2,1-4H3. The Labute approximate surface area is 162 Å². The molecular formula is C21H28N2O3S. The zero-order chi connectivity index (χ0) is 20.0. The van der Waals surface area contributed by atoms with E-state index in [9.17, 15) is 13.2 Å². The molecule has 0 aliphatic carbocycles. The average Bonchev–Trinajstić information content (AvgIpc) is 2.65. The highest BCUT2D eigenvalue weighted by Crippen LogP contribution is 2.20. The molecule has 0 spiro atoms. The van der Waals surface area contributed by atoms with Crippen molar-refractivity contribution in [1.82, 2.24) is 9.62 Å². The average molecular weight is 389 g/mol. The molecule has 0 aliphatic heterocycles. The van der Waals surface area contributed by atoms with E-state index < -0.39 is 10.0 Å². The number of hydrogen-bond acceptors (Lipinski definition) is 3. The van der Waals surface area contributed by atoms with Crippen LogP contribution in [0.15, 0.2) is 59.5 Å². The monoisotopic (exact) mass is 388 g/mol. The maximum Gasteiger partial charge on any atom is 0.240 e. The predicted octanol–water partition coefficient (Wildman–Crippen LogP) is 3.70. The maximum absolute atomic E-state index is 12.5. The van der Waals surface area contributed by atoms with Gasteiger partial charge in [0.25, 0.3) is 0 Å². The van der Waals surface area contributed by atoms with Gasteiger partial charge in [0.1, 0.15) is 0 Å². The fraction of sp³-hybridized carbons (Fsp3) is 0.381. The summed E-state index contributed by atoms with van der Waals surface area (Å²) >= 11 is 0. The summed E-state index contributed by atoms with van der Waals surface area (Å²) in [7, 11) is -3.60. The molecule has 146 valence electrons. The first kappa shape index (κ1) is 21.1. The fourth-order valence-corrected chi connectivity index (χ4v) is 3.97. The van der Waals surface area contributed by atoms with Crippen molar-refractivity contribution in [3.05, 3.63) is 65.7 Å². The van der Waals surface area contributed by atoms with Crippen molar-refractivity contribution in [2.75, 3.05) is 13.1 Å². The minimum absolute atomic E-state index is 0.0909. The van der Waals surface area contributed by atoms with Gasteiger partial charge in [-0.1, -0.05) is 56.3 Å². The minimum atomic E-state index is -3.60. The lowest BCUT2D eigenvalue weighted by molar-refractivity contribution is -0.130. The first-order valence-electron chi connectivity index (χ1n) is 9.14. The molecule has 1 unspecified atom stereocenters. The van der Waals surface area contributed by atoms with Gasteiger partial charge < -0.3 is 4.90 Å². The summed E-state index contributed by atoms with van der Waals surface area (Å²) in [6, 6.07) is 16.5. The van der Waals surface area contributed by atoms with Crippen LogP contribution in [0.2, 0.25) is 0 Å². The van der Waals surface area contributed by atoms with Gasteiger partial charge in [0.05, 0.1) is 10.9 Å². The predicted molar refractivity (Wildman–Crippen MR) is 108 cm³/mol. The van der Waals surface area contributed by atoms with E-state index in [-0.39, 0.29) is 23.4 Å². The van der Waals surface area contributed by atoms with Crippen LogP contribution in [0.25, 0.3) is 0 Å². The number of carbonyl (C=O) groups excluding carboxylic acids is 1. The first-order chi connectivity index (χ1) is 12.7. The second-order valence-corrected chi connectivity index (χ2v) is 8.69. The summed E-state index contributed by atoms with van der Waals surface area (Å²) < 4.78 is 27.6. The Morgan fingerprint density at radius 1 is 0.963 bits per heavy atom. The van der Waals surface area contributed by atoms with Gasteiger partial charge in [-0.15, -0.1) is 0 Å². The molecule has 1 amide bonds. The maximum atomic E-state index is 12.5. The molecule has 5 nitrogen and oxygen atoms in total. The largest absolute Gasteiger partial charge is 0.335 e. The summed E-state index contributed by atoms with van der Waals surface area (Å²) in [4.78, 5) is 13.9. The molecular weight excluding hydrogens is 360 g/mol. The third-order valence-corrected chi connectivity index (χ3v) is 6.13. The van der Waals surface area contributed by atoms with Crippen LogP contribution in [0.1, 0.15) is 50.8 Å². The van der Waals surface area contributed by atoms with Gasteiger partial charge in [0.15, 0.2) is 0 Å². The van der Waals surface area contributed by atoms with Crippen molar-refractivity contribution in [1.29, 1.82) is 0 Å². The smallest absolute Gasteiger partial charge is 0.240 e. The molecule has 0 aromatic heterocycles. The van der Waals surface area contributed by atoms with Crippen molar-refractivity contribution in [3.63, 3.8) is 0 Å². The Hall–Kier alpha value is -2.18. The third-order valence-electron chi connectivity index (χ3n) is 4.66. The van der Waals surface area contributed by atoms with E-state index in [2.05, 4.69) is 18.6 Å². The highest BCUT2D eigenvalue weighted by Gasteiger charge is 2.20. The molecule has 1 atom stereocenters. The molecule has 6 heteroatoms. The number of carbonyl (C=O) groups is 1. The number of hydrogen-bond donors (Lipinski definition) is 1. The van der Waals surface area contributed by atoms with E-state index >= 15 is 0 Å². The number of amides is 1. The minimum Gasteiger partial charge on any atom is -0.335 e. The lowest BCUT2D eigenvalue weighted by Gasteiger charge is -2.28. The molecule has 2 aromatic carbocycles.